The Hall–Kier alpha value is -0.900. The van der Waals surface area contributed by atoms with Gasteiger partial charge < -0.3 is 4.90 Å². The second kappa shape index (κ2) is 3.35. The molecule has 0 radical (unpaired) electrons. The van der Waals surface area contributed by atoms with Crippen LogP contribution in [0.15, 0.2) is 0 Å². The molecule has 0 saturated carbocycles. The van der Waals surface area contributed by atoms with E-state index in [9.17, 15) is 9.59 Å². The van der Waals surface area contributed by atoms with E-state index in [0.717, 1.165) is 32.5 Å². The van der Waals surface area contributed by atoms with Gasteiger partial charge in [0.2, 0.25) is 11.8 Å². The summed E-state index contributed by atoms with van der Waals surface area (Å²) in [5.74, 6) is -0.166. The molecule has 2 aliphatic heterocycles. The molecule has 2 saturated heterocycles. The van der Waals surface area contributed by atoms with Crippen LogP contribution in [0.2, 0.25) is 0 Å². The number of nitrogens with one attached hydrogen (secondary N) is 1. The molecule has 2 rings (SSSR count). The zero-order valence-corrected chi connectivity index (χ0v) is 8.51. The number of hydrogen-bond donors (Lipinski definition) is 1. The van der Waals surface area contributed by atoms with Gasteiger partial charge in [0.05, 0.1) is 5.41 Å². The number of likely N-dealkylation sites (tertiary alicyclic amines) is 1. The van der Waals surface area contributed by atoms with E-state index in [4.69, 9.17) is 0 Å². The molecule has 4 nitrogen and oxygen atoms in total. The van der Waals surface area contributed by atoms with Crippen molar-refractivity contribution < 1.29 is 9.59 Å². The molecular weight excluding hydrogens is 180 g/mol. The molecule has 1 N–H and O–H groups in total. The second-order valence-electron chi connectivity index (χ2n) is 4.28. The molecular formula is C10H16N2O2. The fourth-order valence-corrected chi connectivity index (χ4v) is 2.41. The van der Waals surface area contributed by atoms with Gasteiger partial charge in [-0.15, -0.1) is 0 Å². The number of nitrogens with zero attached hydrogens (tertiary/aromatic N) is 1. The molecule has 0 aromatic rings. The predicted molar refractivity (Wildman–Crippen MR) is 51.5 cm³/mol. The Morgan fingerprint density at radius 3 is 2.79 bits per heavy atom. The molecule has 78 valence electrons. The fraction of sp³-hybridized carbons (Fsp3) is 0.800. The Labute approximate surface area is 83.6 Å². The molecule has 14 heavy (non-hydrogen) atoms. The van der Waals surface area contributed by atoms with E-state index in [1.165, 1.54) is 0 Å². The summed E-state index contributed by atoms with van der Waals surface area (Å²) in [5, 5.41) is 2.45. The summed E-state index contributed by atoms with van der Waals surface area (Å²) >= 11 is 0. The Bertz CT molecular complexity index is 277. The van der Waals surface area contributed by atoms with Gasteiger partial charge >= 0.3 is 0 Å². The highest BCUT2D eigenvalue weighted by atomic mass is 16.2. The minimum atomic E-state index is -0.260. The highest BCUT2D eigenvalue weighted by molar-refractivity contribution is 6.00. The van der Waals surface area contributed by atoms with Crippen LogP contribution in [0.4, 0.5) is 0 Å². The summed E-state index contributed by atoms with van der Waals surface area (Å²) in [7, 11) is 0. The minimum absolute atomic E-state index is 0.0512. The van der Waals surface area contributed by atoms with Gasteiger partial charge in [0.15, 0.2) is 0 Å². The summed E-state index contributed by atoms with van der Waals surface area (Å²) in [4.78, 5) is 25.0. The van der Waals surface area contributed by atoms with E-state index in [1.54, 1.807) is 0 Å². The maximum Gasteiger partial charge on any atom is 0.234 e. The Morgan fingerprint density at radius 2 is 2.21 bits per heavy atom. The quantitative estimate of drug-likeness (QED) is 0.607. The molecule has 1 spiro atoms. The smallest absolute Gasteiger partial charge is 0.234 e. The summed E-state index contributed by atoms with van der Waals surface area (Å²) in [6.07, 6.45) is 2.14. The van der Waals surface area contributed by atoms with Crippen molar-refractivity contribution in [2.24, 2.45) is 5.41 Å². The first kappa shape index (κ1) is 9.65. The first-order valence-electron chi connectivity index (χ1n) is 5.23. The number of hydrogen-bond acceptors (Lipinski definition) is 3. The van der Waals surface area contributed by atoms with Crippen LogP contribution in [0.1, 0.15) is 26.2 Å². The summed E-state index contributed by atoms with van der Waals surface area (Å²) in [6, 6.07) is 0. The van der Waals surface area contributed by atoms with Gasteiger partial charge in [-0.25, -0.2) is 0 Å². The maximum atomic E-state index is 11.7. The number of piperidine rings is 1. The standard InChI is InChI=1S/C10H16N2O2/c1-2-12-6-5-10(7-12)4-3-8(13)11-9(10)14/h2-7H2,1H3,(H,11,13,14). The van der Waals surface area contributed by atoms with Gasteiger partial charge in [0, 0.05) is 13.0 Å². The lowest BCUT2D eigenvalue weighted by Gasteiger charge is -2.31. The van der Waals surface area contributed by atoms with Crippen molar-refractivity contribution in [3.8, 4) is 0 Å². The largest absolute Gasteiger partial charge is 0.303 e. The molecule has 0 bridgehead atoms. The van der Waals surface area contributed by atoms with Gasteiger partial charge in [-0.2, -0.15) is 0 Å². The van der Waals surface area contributed by atoms with Crippen molar-refractivity contribution in [2.45, 2.75) is 26.2 Å². The van der Waals surface area contributed by atoms with Crippen LogP contribution in [0.5, 0.6) is 0 Å². The Kier molecular flexibility index (Phi) is 2.31. The zero-order valence-electron chi connectivity index (χ0n) is 8.51. The summed E-state index contributed by atoms with van der Waals surface area (Å²) in [5.41, 5.74) is -0.260. The van der Waals surface area contributed by atoms with Gasteiger partial charge in [-0.05, 0) is 25.9 Å². The highest BCUT2D eigenvalue weighted by Crippen LogP contribution is 2.37. The van der Waals surface area contributed by atoms with Gasteiger partial charge in [-0.1, -0.05) is 6.92 Å². The first-order chi connectivity index (χ1) is 6.66. The van der Waals surface area contributed by atoms with E-state index in [-0.39, 0.29) is 17.2 Å². The zero-order chi connectivity index (χ0) is 10.2. The summed E-state index contributed by atoms with van der Waals surface area (Å²) in [6.45, 7) is 4.90. The van der Waals surface area contributed by atoms with E-state index in [0.29, 0.717) is 6.42 Å². The number of rotatable bonds is 1. The maximum absolute atomic E-state index is 11.7. The average molecular weight is 196 g/mol. The number of imide groups is 1. The van der Waals surface area contributed by atoms with E-state index in [2.05, 4.69) is 17.1 Å². The average Bonchev–Trinajstić information content (AvgIpc) is 2.58. The topological polar surface area (TPSA) is 49.4 Å². The first-order valence-corrected chi connectivity index (χ1v) is 5.23. The molecule has 1 unspecified atom stereocenters. The molecule has 2 fully saturated rings. The normalized spacial score (nSPS) is 33.8. The lowest BCUT2D eigenvalue weighted by molar-refractivity contribution is -0.141. The molecule has 0 aliphatic carbocycles. The van der Waals surface area contributed by atoms with Crippen LogP contribution < -0.4 is 5.32 Å². The van der Waals surface area contributed by atoms with Crippen LogP contribution in [0, 0.1) is 5.41 Å². The van der Waals surface area contributed by atoms with Gasteiger partial charge in [-0.3, -0.25) is 14.9 Å². The van der Waals surface area contributed by atoms with E-state index >= 15 is 0 Å². The van der Waals surface area contributed by atoms with Crippen molar-refractivity contribution in [2.75, 3.05) is 19.6 Å². The lowest BCUT2D eigenvalue weighted by Crippen LogP contribution is -2.50. The molecule has 0 aromatic carbocycles. The second-order valence-corrected chi connectivity index (χ2v) is 4.28. The van der Waals surface area contributed by atoms with Crippen LogP contribution in [0.3, 0.4) is 0 Å². The molecule has 2 aliphatic rings. The van der Waals surface area contributed by atoms with Gasteiger partial charge in [0.25, 0.3) is 0 Å². The number of carbonyl (C=O) groups is 2. The SMILES string of the molecule is CCN1CCC2(CCC(=O)NC2=O)C1. The molecule has 2 amide bonds. The van der Waals surface area contributed by atoms with E-state index in [1.807, 2.05) is 0 Å². The van der Waals surface area contributed by atoms with Crippen molar-refractivity contribution in [3.63, 3.8) is 0 Å². The number of amides is 2. The molecule has 2 heterocycles. The van der Waals surface area contributed by atoms with E-state index < -0.39 is 0 Å². The van der Waals surface area contributed by atoms with Crippen molar-refractivity contribution >= 4 is 11.8 Å². The van der Waals surface area contributed by atoms with Crippen LogP contribution in [0.25, 0.3) is 0 Å². The molecule has 1 atom stereocenters. The third kappa shape index (κ3) is 1.43. The van der Waals surface area contributed by atoms with Crippen molar-refractivity contribution in [1.29, 1.82) is 0 Å². The Morgan fingerprint density at radius 1 is 1.43 bits per heavy atom. The number of carbonyl (C=O) groups excluding carboxylic acids is 2. The van der Waals surface area contributed by atoms with Crippen LogP contribution >= 0.6 is 0 Å². The van der Waals surface area contributed by atoms with Crippen LogP contribution in [-0.2, 0) is 9.59 Å². The third-order valence-corrected chi connectivity index (χ3v) is 3.45. The molecule has 4 heteroatoms. The lowest BCUT2D eigenvalue weighted by atomic mass is 9.79. The van der Waals surface area contributed by atoms with Crippen LogP contribution in [-0.4, -0.2) is 36.3 Å². The predicted octanol–water partition coefficient (Wildman–Crippen LogP) is 0.135. The van der Waals surface area contributed by atoms with Gasteiger partial charge in [0.1, 0.15) is 0 Å². The molecule has 0 aromatic heterocycles. The summed E-state index contributed by atoms with van der Waals surface area (Å²) < 4.78 is 0. The Balaban J connectivity index is 2.10. The minimum Gasteiger partial charge on any atom is -0.303 e. The highest BCUT2D eigenvalue weighted by Gasteiger charge is 2.46. The third-order valence-electron chi connectivity index (χ3n) is 3.45. The van der Waals surface area contributed by atoms with Crippen molar-refractivity contribution in [1.82, 2.24) is 10.2 Å². The fourth-order valence-electron chi connectivity index (χ4n) is 2.41. The van der Waals surface area contributed by atoms with Crippen molar-refractivity contribution in [3.05, 3.63) is 0 Å². The monoisotopic (exact) mass is 196 g/mol.